The fourth-order valence-electron chi connectivity index (χ4n) is 1.68. The molecule has 0 bridgehead atoms. The Morgan fingerprint density at radius 3 is 2.81 bits per heavy atom. The van der Waals surface area contributed by atoms with Crippen LogP contribution in [0, 0.1) is 6.92 Å². The zero-order valence-corrected chi connectivity index (χ0v) is 9.61. The summed E-state index contributed by atoms with van der Waals surface area (Å²) in [6.07, 6.45) is 0. The summed E-state index contributed by atoms with van der Waals surface area (Å²) in [5, 5.41) is 10.9. The fourth-order valence-corrected chi connectivity index (χ4v) is 1.68. The number of nitrogens with one attached hydrogen (secondary N) is 1. The van der Waals surface area contributed by atoms with Crippen LogP contribution in [0.3, 0.4) is 0 Å². The van der Waals surface area contributed by atoms with Gasteiger partial charge in [-0.05, 0) is 6.92 Å². The van der Waals surface area contributed by atoms with Crippen LogP contribution in [0.4, 0.5) is 0 Å². The Hall–Kier alpha value is -0.980. The highest BCUT2D eigenvalue weighted by atomic mass is 16.6. The van der Waals surface area contributed by atoms with E-state index in [1.54, 1.807) is 0 Å². The van der Waals surface area contributed by atoms with Crippen LogP contribution in [0.15, 0.2) is 4.63 Å². The Labute approximate surface area is 94.9 Å². The van der Waals surface area contributed by atoms with Crippen LogP contribution in [0.2, 0.25) is 0 Å². The average molecular weight is 226 g/mol. The molecule has 0 atom stereocenters. The van der Waals surface area contributed by atoms with Gasteiger partial charge in [-0.2, -0.15) is 0 Å². The van der Waals surface area contributed by atoms with Gasteiger partial charge in [-0.3, -0.25) is 4.90 Å². The van der Waals surface area contributed by atoms with Crippen LogP contribution >= 0.6 is 0 Å². The van der Waals surface area contributed by atoms with E-state index in [1.165, 1.54) is 0 Å². The number of hydrogen-bond acceptors (Lipinski definition) is 6. The van der Waals surface area contributed by atoms with E-state index in [9.17, 15) is 0 Å². The molecule has 1 fully saturated rings. The monoisotopic (exact) mass is 226 g/mol. The van der Waals surface area contributed by atoms with Crippen molar-refractivity contribution < 1.29 is 9.37 Å². The Bertz CT molecular complexity index is 310. The van der Waals surface area contributed by atoms with Gasteiger partial charge in [0, 0.05) is 32.7 Å². The maximum absolute atomic E-state index is 5.29. The molecule has 1 aromatic rings. The Kier molecular flexibility index (Phi) is 4.26. The minimum absolute atomic E-state index is 0.722. The van der Waals surface area contributed by atoms with Gasteiger partial charge in [0.05, 0.1) is 13.2 Å². The van der Waals surface area contributed by atoms with Gasteiger partial charge in [0.25, 0.3) is 0 Å². The second kappa shape index (κ2) is 5.93. The predicted molar refractivity (Wildman–Crippen MR) is 58.0 cm³/mol. The van der Waals surface area contributed by atoms with E-state index in [1.807, 2.05) is 6.92 Å². The maximum Gasteiger partial charge on any atom is 0.121 e. The molecule has 0 aliphatic carbocycles. The van der Waals surface area contributed by atoms with Crippen LogP contribution in [0.25, 0.3) is 0 Å². The molecule has 1 saturated heterocycles. The van der Waals surface area contributed by atoms with Crippen LogP contribution < -0.4 is 5.32 Å². The minimum atomic E-state index is 0.722. The number of ether oxygens (including phenoxy) is 1. The SMILES string of the molecule is Cc1nonc1CNCCN1CCOCC1. The predicted octanol–water partition coefficient (Wildman–Crippen LogP) is -0.200. The molecule has 0 saturated carbocycles. The van der Waals surface area contributed by atoms with Crippen molar-refractivity contribution in [1.82, 2.24) is 20.5 Å². The van der Waals surface area contributed by atoms with Crippen molar-refractivity contribution in [2.45, 2.75) is 13.5 Å². The first-order chi connectivity index (χ1) is 7.86. The molecule has 0 amide bonds. The van der Waals surface area contributed by atoms with Gasteiger partial charge in [-0.15, -0.1) is 0 Å². The van der Waals surface area contributed by atoms with Gasteiger partial charge in [-0.1, -0.05) is 10.3 Å². The lowest BCUT2D eigenvalue weighted by Crippen LogP contribution is -2.40. The van der Waals surface area contributed by atoms with Gasteiger partial charge in [0.1, 0.15) is 11.4 Å². The maximum atomic E-state index is 5.29. The molecule has 0 radical (unpaired) electrons. The molecule has 2 rings (SSSR count). The summed E-state index contributed by atoms with van der Waals surface area (Å²) in [5.41, 5.74) is 1.75. The molecule has 0 unspecified atom stereocenters. The Balaban J connectivity index is 1.59. The third-order valence-corrected chi connectivity index (χ3v) is 2.75. The van der Waals surface area contributed by atoms with Crippen LogP contribution in [-0.2, 0) is 11.3 Å². The lowest BCUT2D eigenvalue weighted by molar-refractivity contribution is 0.0384. The van der Waals surface area contributed by atoms with Crippen LogP contribution in [0.1, 0.15) is 11.4 Å². The lowest BCUT2D eigenvalue weighted by Gasteiger charge is -2.26. The molecule has 6 heteroatoms. The minimum Gasteiger partial charge on any atom is -0.379 e. The number of hydrogen-bond donors (Lipinski definition) is 1. The molecule has 0 aromatic carbocycles. The first kappa shape index (κ1) is 11.5. The quantitative estimate of drug-likeness (QED) is 0.702. The van der Waals surface area contributed by atoms with Gasteiger partial charge >= 0.3 is 0 Å². The Morgan fingerprint density at radius 1 is 1.31 bits per heavy atom. The summed E-state index contributed by atoms with van der Waals surface area (Å²) in [5.74, 6) is 0. The van der Waals surface area contributed by atoms with E-state index < -0.39 is 0 Å². The van der Waals surface area contributed by atoms with Crippen LogP contribution in [0.5, 0.6) is 0 Å². The molecule has 90 valence electrons. The first-order valence-corrected chi connectivity index (χ1v) is 5.65. The van der Waals surface area contributed by atoms with Crippen LogP contribution in [-0.4, -0.2) is 54.6 Å². The summed E-state index contributed by atoms with van der Waals surface area (Å²) in [6.45, 7) is 8.40. The molecule has 1 aliphatic rings. The van der Waals surface area contributed by atoms with E-state index in [2.05, 4.69) is 25.2 Å². The summed E-state index contributed by atoms with van der Waals surface area (Å²) >= 11 is 0. The highest BCUT2D eigenvalue weighted by Crippen LogP contribution is 1.99. The first-order valence-electron chi connectivity index (χ1n) is 5.65. The molecule has 1 aliphatic heterocycles. The summed E-state index contributed by atoms with van der Waals surface area (Å²) in [7, 11) is 0. The molecule has 6 nitrogen and oxygen atoms in total. The molecule has 0 spiro atoms. The number of aryl methyl sites for hydroxylation is 1. The number of nitrogens with zero attached hydrogens (tertiary/aromatic N) is 3. The topological polar surface area (TPSA) is 63.4 Å². The molecule has 1 aromatic heterocycles. The van der Waals surface area contributed by atoms with Crippen molar-refractivity contribution >= 4 is 0 Å². The number of morpholine rings is 1. The summed E-state index contributed by atoms with van der Waals surface area (Å²) < 4.78 is 9.91. The molecular weight excluding hydrogens is 208 g/mol. The van der Waals surface area contributed by atoms with Crippen molar-refractivity contribution in [3.05, 3.63) is 11.4 Å². The van der Waals surface area contributed by atoms with Gasteiger partial charge < -0.3 is 10.1 Å². The van der Waals surface area contributed by atoms with Crippen molar-refractivity contribution in [2.24, 2.45) is 0 Å². The van der Waals surface area contributed by atoms with Gasteiger partial charge in [0.2, 0.25) is 0 Å². The highest BCUT2D eigenvalue weighted by Gasteiger charge is 2.09. The number of aromatic nitrogens is 2. The van der Waals surface area contributed by atoms with Gasteiger partial charge in [0.15, 0.2) is 0 Å². The average Bonchev–Trinajstić information content (AvgIpc) is 2.72. The van der Waals surface area contributed by atoms with E-state index in [0.717, 1.165) is 57.3 Å². The van der Waals surface area contributed by atoms with E-state index in [4.69, 9.17) is 4.74 Å². The number of rotatable bonds is 5. The van der Waals surface area contributed by atoms with Crippen molar-refractivity contribution in [1.29, 1.82) is 0 Å². The molecule has 1 N–H and O–H groups in total. The summed E-state index contributed by atoms with van der Waals surface area (Å²) in [6, 6.07) is 0. The normalized spacial score (nSPS) is 17.8. The Morgan fingerprint density at radius 2 is 2.12 bits per heavy atom. The van der Waals surface area contributed by atoms with Crippen molar-refractivity contribution in [3.8, 4) is 0 Å². The largest absolute Gasteiger partial charge is 0.379 e. The zero-order valence-electron chi connectivity index (χ0n) is 9.61. The van der Waals surface area contributed by atoms with Crippen molar-refractivity contribution in [2.75, 3.05) is 39.4 Å². The van der Waals surface area contributed by atoms with E-state index >= 15 is 0 Å². The third kappa shape index (κ3) is 3.26. The summed E-state index contributed by atoms with van der Waals surface area (Å²) in [4.78, 5) is 2.39. The fraction of sp³-hybridized carbons (Fsp3) is 0.800. The van der Waals surface area contributed by atoms with Gasteiger partial charge in [-0.25, -0.2) is 4.63 Å². The smallest absolute Gasteiger partial charge is 0.121 e. The molecule has 16 heavy (non-hydrogen) atoms. The van der Waals surface area contributed by atoms with E-state index in [-0.39, 0.29) is 0 Å². The molecular formula is C10H18N4O2. The standard InChI is InChI=1S/C10H18N4O2/c1-9-10(13-16-12-9)8-11-2-3-14-4-6-15-7-5-14/h11H,2-8H2,1H3. The lowest BCUT2D eigenvalue weighted by atomic mass is 10.3. The highest BCUT2D eigenvalue weighted by molar-refractivity contribution is 5.03. The van der Waals surface area contributed by atoms with Crippen molar-refractivity contribution in [3.63, 3.8) is 0 Å². The third-order valence-electron chi connectivity index (χ3n) is 2.75. The second-order valence-corrected chi connectivity index (χ2v) is 3.93. The molecule has 2 heterocycles. The zero-order chi connectivity index (χ0) is 11.2. The van der Waals surface area contributed by atoms with E-state index in [0.29, 0.717) is 0 Å². The second-order valence-electron chi connectivity index (χ2n) is 3.93.